The minimum absolute atomic E-state index is 0.197. The number of hydrogen-bond acceptors (Lipinski definition) is 3. The SMILES string of the molecule is CC(O)CN1[C@@H]2CC[C@H]1CC(N)C2. The van der Waals surface area contributed by atoms with Gasteiger partial charge < -0.3 is 10.8 Å². The van der Waals surface area contributed by atoms with Gasteiger partial charge in [0.05, 0.1) is 6.10 Å². The van der Waals surface area contributed by atoms with Crippen molar-refractivity contribution in [2.45, 2.75) is 56.8 Å². The summed E-state index contributed by atoms with van der Waals surface area (Å²) in [6.45, 7) is 2.70. The molecule has 0 spiro atoms. The first-order valence-corrected chi connectivity index (χ1v) is 5.36. The first-order valence-electron chi connectivity index (χ1n) is 5.36. The zero-order valence-electron chi connectivity index (χ0n) is 8.32. The van der Waals surface area contributed by atoms with Crippen LogP contribution < -0.4 is 5.73 Å². The maximum atomic E-state index is 9.36. The van der Waals surface area contributed by atoms with Crippen molar-refractivity contribution in [1.82, 2.24) is 4.90 Å². The predicted octanol–water partition coefficient (Wildman–Crippen LogP) is 0.321. The van der Waals surface area contributed by atoms with Gasteiger partial charge in [-0.1, -0.05) is 0 Å². The average Bonchev–Trinajstić information content (AvgIpc) is 2.32. The highest BCUT2D eigenvalue weighted by Gasteiger charge is 2.39. The molecular formula is C10H20N2O. The average molecular weight is 184 g/mol. The van der Waals surface area contributed by atoms with Crippen LogP contribution in [0.1, 0.15) is 32.6 Å². The summed E-state index contributed by atoms with van der Waals surface area (Å²) in [6, 6.07) is 1.72. The molecule has 2 saturated heterocycles. The monoisotopic (exact) mass is 184 g/mol. The van der Waals surface area contributed by atoms with Crippen LogP contribution in [0.15, 0.2) is 0 Å². The van der Waals surface area contributed by atoms with E-state index in [1.54, 1.807) is 0 Å². The second-order valence-corrected chi connectivity index (χ2v) is 4.66. The Bertz CT molecular complexity index is 170. The van der Waals surface area contributed by atoms with Crippen molar-refractivity contribution in [2.24, 2.45) is 5.73 Å². The molecule has 0 aliphatic carbocycles. The Morgan fingerprint density at radius 2 is 1.92 bits per heavy atom. The summed E-state index contributed by atoms with van der Waals surface area (Å²) in [5.41, 5.74) is 5.96. The smallest absolute Gasteiger partial charge is 0.0639 e. The summed E-state index contributed by atoms with van der Waals surface area (Å²) in [6.07, 6.45) is 4.63. The van der Waals surface area contributed by atoms with Crippen molar-refractivity contribution in [3.05, 3.63) is 0 Å². The Balaban J connectivity index is 1.98. The minimum atomic E-state index is -0.197. The normalized spacial score (nSPS) is 42.2. The molecule has 2 aliphatic rings. The maximum absolute atomic E-state index is 9.36. The fraction of sp³-hybridized carbons (Fsp3) is 1.00. The minimum Gasteiger partial charge on any atom is -0.392 e. The van der Waals surface area contributed by atoms with Gasteiger partial charge in [-0.05, 0) is 32.6 Å². The molecule has 0 saturated carbocycles. The molecule has 13 heavy (non-hydrogen) atoms. The fourth-order valence-corrected chi connectivity index (χ4v) is 2.92. The van der Waals surface area contributed by atoms with E-state index in [0.29, 0.717) is 18.1 Å². The van der Waals surface area contributed by atoms with Crippen LogP contribution in [0.2, 0.25) is 0 Å². The van der Waals surface area contributed by atoms with Crippen molar-refractivity contribution < 1.29 is 5.11 Å². The van der Waals surface area contributed by atoms with Crippen molar-refractivity contribution >= 4 is 0 Å². The Morgan fingerprint density at radius 1 is 1.38 bits per heavy atom. The van der Waals surface area contributed by atoms with E-state index in [1.807, 2.05) is 6.92 Å². The van der Waals surface area contributed by atoms with Crippen molar-refractivity contribution in [2.75, 3.05) is 6.54 Å². The van der Waals surface area contributed by atoms with E-state index in [9.17, 15) is 5.11 Å². The van der Waals surface area contributed by atoms with E-state index >= 15 is 0 Å². The molecule has 0 radical (unpaired) electrons. The lowest BCUT2D eigenvalue weighted by Crippen LogP contribution is -2.49. The second kappa shape index (κ2) is 3.56. The van der Waals surface area contributed by atoms with Gasteiger partial charge >= 0.3 is 0 Å². The van der Waals surface area contributed by atoms with Crippen LogP contribution in [0.3, 0.4) is 0 Å². The fourth-order valence-electron chi connectivity index (χ4n) is 2.92. The highest BCUT2D eigenvalue weighted by atomic mass is 16.3. The summed E-state index contributed by atoms with van der Waals surface area (Å²) in [5, 5.41) is 9.36. The Kier molecular flexibility index (Phi) is 2.58. The number of aliphatic hydroxyl groups is 1. The van der Waals surface area contributed by atoms with Crippen LogP contribution in [0.25, 0.3) is 0 Å². The van der Waals surface area contributed by atoms with Gasteiger partial charge in [0.25, 0.3) is 0 Å². The topological polar surface area (TPSA) is 49.5 Å². The lowest BCUT2D eigenvalue weighted by atomic mass is 9.98. The molecule has 2 fully saturated rings. The number of rotatable bonds is 2. The van der Waals surface area contributed by atoms with Gasteiger partial charge in [-0.15, -0.1) is 0 Å². The molecule has 2 aliphatic heterocycles. The second-order valence-electron chi connectivity index (χ2n) is 4.66. The highest BCUT2D eigenvalue weighted by Crippen LogP contribution is 2.34. The first-order chi connectivity index (χ1) is 6.16. The van der Waals surface area contributed by atoms with Gasteiger partial charge in [-0.2, -0.15) is 0 Å². The Labute approximate surface area is 79.9 Å². The summed E-state index contributed by atoms with van der Waals surface area (Å²) in [4.78, 5) is 2.47. The van der Waals surface area contributed by atoms with E-state index in [4.69, 9.17) is 5.73 Å². The largest absolute Gasteiger partial charge is 0.392 e. The van der Waals surface area contributed by atoms with Gasteiger partial charge in [-0.25, -0.2) is 0 Å². The van der Waals surface area contributed by atoms with Crippen LogP contribution in [-0.2, 0) is 0 Å². The molecule has 4 atom stereocenters. The van der Waals surface area contributed by atoms with Gasteiger partial charge in [-0.3, -0.25) is 4.90 Å². The van der Waals surface area contributed by atoms with Crippen LogP contribution >= 0.6 is 0 Å². The molecule has 3 N–H and O–H groups in total. The number of nitrogens with two attached hydrogens (primary N) is 1. The van der Waals surface area contributed by atoms with E-state index in [0.717, 1.165) is 19.4 Å². The Morgan fingerprint density at radius 3 is 2.38 bits per heavy atom. The number of piperidine rings is 1. The molecule has 2 bridgehead atoms. The molecule has 2 rings (SSSR count). The number of aliphatic hydroxyl groups excluding tert-OH is 1. The maximum Gasteiger partial charge on any atom is 0.0639 e. The Hall–Kier alpha value is -0.120. The van der Waals surface area contributed by atoms with E-state index in [-0.39, 0.29) is 6.10 Å². The summed E-state index contributed by atoms with van der Waals surface area (Å²) in [5.74, 6) is 0. The lowest BCUT2D eigenvalue weighted by molar-refractivity contribution is 0.0652. The summed E-state index contributed by atoms with van der Waals surface area (Å²) in [7, 11) is 0. The molecule has 2 heterocycles. The van der Waals surface area contributed by atoms with Gasteiger partial charge in [0.1, 0.15) is 0 Å². The van der Waals surface area contributed by atoms with Crippen LogP contribution in [-0.4, -0.2) is 40.8 Å². The predicted molar refractivity (Wildman–Crippen MR) is 52.4 cm³/mol. The van der Waals surface area contributed by atoms with Gasteiger partial charge in [0.2, 0.25) is 0 Å². The zero-order valence-corrected chi connectivity index (χ0v) is 8.32. The third-order valence-electron chi connectivity index (χ3n) is 3.40. The number of hydrogen-bond donors (Lipinski definition) is 2. The molecular weight excluding hydrogens is 164 g/mol. The standard InChI is InChI=1S/C10H20N2O/c1-7(13)6-12-9-2-3-10(12)5-8(11)4-9/h7-10,13H,2-6,11H2,1H3/t7?,8?,9-,10+. The van der Waals surface area contributed by atoms with Crippen molar-refractivity contribution in [3.63, 3.8) is 0 Å². The highest BCUT2D eigenvalue weighted by molar-refractivity contribution is 4.96. The van der Waals surface area contributed by atoms with Crippen molar-refractivity contribution in [1.29, 1.82) is 0 Å². The van der Waals surface area contributed by atoms with E-state index in [2.05, 4.69) is 4.90 Å². The van der Waals surface area contributed by atoms with E-state index < -0.39 is 0 Å². The molecule has 2 unspecified atom stereocenters. The number of nitrogens with zero attached hydrogens (tertiary/aromatic N) is 1. The van der Waals surface area contributed by atoms with Crippen molar-refractivity contribution in [3.8, 4) is 0 Å². The number of fused-ring (bicyclic) bond motifs is 2. The van der Waals surface area contributed by atoms with Gasteiger partial charge in [0.15, 0.2) is 0 Å². The lowest BCUT2D eigenvalue weighted by Gasteiger charge is -2.38. The van der Waals surface area contributed by atoms with Crippen LogP contribution in [0, 0.1) is 0 Å². The molecule has 76 valence electrons. The third-order valence-corrected chi connectivity index (χ3v) is 3.40. The van der Waals surface area contributed by atoms with Gasteiger partial charge in [0, 0.05) is 24.7 Å². The summed E-state index contributed by atoms with van der Waals surface area (Å²) >= 11 is 0. The van der Waals surface area contributed by atoms with Crippen LogP contribution in [0.4, 0.5) is 0 Å². The quantitative estimate of drug-likeness (QED) is 0.650. The molecule has 3 heteroatoms. The van der Waals surface area contributed by atoms with Crippen LogP contribution in [0.5, 0.6) is 0 Å². The molecule has 3 nitrogen and oxygen atoms in total. The molecule has 0 aromatic rings. The zero-order chi connectivity index (χ0) is 9.42. The first kappa shape index (κ1) is 9.44. The molecule has 0 aromatic carbocycles. The third kappa shape index (κ3) is 1.87. The molecule has 0 amide bonds. The summed E-state index contributed by atoms with van der Waals surface area (Å²) < 4.78 is 0. The van der Waals surface area contributed by atoms with E-state index in [1.165, 1.54) is 12.8 Å². The molecule has 0 aromatic heterocycles.